The molecule has 2 fully saturated rings. The van der Waals surface area contributed by atoms with E-state index in [1.54, 1.807) is 13.0 Å². The van der Waals surface area contributed by atoms with E-state index < -0.39 is 29.1 Å². The first-order valence-electron chi connectivity index (χ1n) is 14.8. The maximum atomic E-state index is 13.8. The number of aromatic amines is 1. The highest BCUT2D eigenvalue weighted by atomic mass is 35.5. The van der Waals surface area contributed by atoms with Crippen molar-refractivity contribution in [2.75, 3.05) is 56.2 Å². The largest absolute Gasteiger partial charge is 0.461 e. The van der Waals surface area contributed by atoms with Crippen molar-refractivity contribution in [1.82, 2.24) is 20.1 Å². The van der Waals surface area contributed by atoms with E-state index in [1.807, 2.05) is 49.9 Å². The fourth-order valence-corrected chi connectivity index (χ4v) is 6.25. The van der Waals surface area contributed by atoms with Crippen LogP contribution in [0.3, 0.4) is 0 Å². The summed E-state index contributed by atoms with van der Waals surface area (Å²) in [6.45, 7) is 11.1. The minimum absolute atomic E-state index is 0.0664. The van der Waals surface area contributed by atoms with E-state index in [4.69, 9.17) is 25.8 Å². The predicted molar refractivity (Wildman–Crippen MR) is 163 cm³/mol. The van der Waals surface area contributed by atoms with E-state index in [0.29, 0.717) is 62.3 Å². The van der Waals surface area contributed by atoms with Gasteiger partial charge < -0.3 is 34.7 Å². The van der Waals surface area contributed by atoms with Crippen LogP contribution in [0.25, 0.3) is 0 Å². The van der Waals surface area contributed by atoms with Crippen LogP contribution in [0.15, 0.2) is 35.1 Å². The quantitative estimate of drug-likeness (QED) is 0.397. The van der Waals surface area contributed by atoms with Gasteiger partial charge in [0.15, 0.2) is 0 Å². The average Bonchev–Trinajstić information content (AvgIpc) is 3.29. The van der Waals surface area contributed by atoms with Crippen molar-refractivity contribution in [2.24, 2.45) is 0 Å². The summed E-state index contributed by atoms with van der Waals surface area (Å²) in [5, 5.41) is 7.30. The second-order valence-corrected chi connectivity index (χ2v) is 12.4. The van der Waals surface area contributed by atoms with Crippen LogP contribution in [-0.4, -0.2) is 90.4 Å². The smallest absolute Gasteiger partial charge is 0.407 e. The van der Waals surface area contributed by atoms with Crippen molar-refractivity contribution in [3.63, 3.8) is 0 Å². The van der Waals surface area contributed by atoms with Crippen LogP contribution in [0.2, 0.25) is 5.02 Å². The molecule has 1 unspecified atom stereocenters. The molecule has 0 aliphatic carbocycles. The summed E-state index contributed by atoms with van der Waals surface area (Å²) in [5.41, 5.74) is 0.762. The number of benzene rings is 1. The summed E-state index contributed by atoms with van der Waals surface area (Å²) < 4.78 is 16.5. The fourth-order valence-electron chi connectivity index (χ4n) is 6.05. The molecule has 43 heavy (non-hydrogen) atoms. The van der Waals surface area contributed by atoms with Gasteiger partial charge in [-0.1, -0.05) is 29.8 Å². The number of carbonyl (C=O) groups is 2. The molecule has 5 rings (SSSR count). The molecule has 3 aliphatic rings. The van der Waals surface area contributed by atoms with Crippen molar-refractivity contribution in [2.45, 2.75) is 64.6 Å². The lowest BCUT2D eigenvalue weighted by Gasteiger charge is -2.55. The van der Waals surface area contributed by atoms with Gasteiger partial charge >= 0.3 is 12.1 Å². The Kier molecular flexibility index (Phi) is 9.21. The number of anilines is 2. The van der Waals surface area contributed by atoms with Gasteiger partial charge in [-0.05, 0) is 58.2 Å². The van der Waals surface area contributed by atoms with Gasteiger partial charge in [-0.2, -0.15) is 0 Å². The van der Waals surface area contributed by atoms with Crippen molar-refractivity contribution < 1.29 is 23.8 Å². The van der Waals surface area contributed by atoms with Gasteiger partial charge in [0, 0.05) is 43.8 Å². The number of nitrogens with one attached hydrogen (secondary N) is 3. The molecular weight excluding hydrogens is 576 g/mol. The molecule has 4 heterocycles. The van der Waals surface area contributed by atoms with Crippen LogP contribution in [0.5, 0.6) is 0 Å². The van der Waals surface area contributed by atoms with Crippen LogP contribution >= 0.6 is 11.6 Å². The van der Waals surface area contributed by atoms with Gasteiger partial charge in [0.1, 0.15) is 17.0 Å². The number of nitrogens with zero attached hydrogens (tertiary/aromatic N) is 3. The molecule has 1 amide bonds. The highest BCUT2D eigenvalue weighted by Crippen LogP contribution is 2.44. The molecule has 12 nitrogen and oxygen atoms in total. The Morgan fingerprint density at radius 3 is 2.60 bits per heavy atom. The number of halogens is 1. The van der Waals surface area contributed by atoms with Crippen molar-refractivity contribution >= 4 is 35.0 Å². The molecule has 2 saturated heterocycles. The second kappa shape index (κ2) is 12.7. The number of amides is 1. The molecule has 0 radical (unpaired) electrons. The number of hydrogen-bond donors (Lipinski definition) is 3. The Hall–Kier alpha value is -3.32. The maximum absolute atomic E-state index is 13.8. The first-order chi connectivity index (χ1) is 20.5. The summed E-state index contributed by atoms with van der Waals surface area (Å²) in [4.78, 5) is 48.5. The molecule has 2 atom stereocenters. The van der Waals surface area contributed by atoms with E-state index in [9.17, 15) is 14.4 Å². The van der Waals surface area contributed by atoms with Gasteiger partial charge in [0.25, 0.3) is 5.56 Å². The number of H-pyrrole nitrogens is 1. The van der Waals surface area contributed by atoms with Gasteiger partial charge in [0.05, 0.1) is 25.5 Å². The fraction of sp³-hybridized carbons (Fsp3) is 0.567. The molecule has 1 aromatic carbocycles. The zero-order chi connectivity index (χ0) is 30.8. The third-order valence-electron chi connectivity index (χ3n) is 7.77. The van der Waals surface area contributed by atoms with Gasteiger partial charge in [-0.25, -0.2) is 19.4 Å². The number of fused-ring (bicyclic) bond motifs is 1. The Morgan fingerprint density at radius 2 is 1.91 bits per heavy atom. The highest BCUT2D eigenvalue weighted by Gasteiger charge is 2.55. The number of esters is 1. The molecular formula is C30H41ClN6O6. The number of ether oxygens (including phenoxy) is 3. The molecule has 0 saturated carbocycles. The van der Waals surface area contributed by atoms with Crippen LogP contribution in [0, 0.1) is 0 Å². The zero-order valence-corrected chi connectivity index (χ0v) is 26.0. The molecule has 234 valence electrons. The van der Waals surface area contributed by atoms with Crippen molar-refractivity contribution in [3.8, 4) is 0 Å². The Morgan fingerprint density at radius 1 is 1.16 bits per heavy atom. The van der Waals surface area contributed by atoms with Crippen molar-refractivity contribution in [3.05, 3.63) is 57.0 Å². The van der Waals surface area contributed by atoms with E-state index in [1.165, 1.54) is 0 Å². The number of likely N-dealkylation sites (tertiary alicyclic amines) is 1. The van der Waals surface area contributed by atoms with E-state index in [-0.39, 0.29) is 18.3 Å². The van der Waals surface area contributed by atoms with Crippen LogP contribution in [0.1, 0.15) is 56.6 Å². The lowest BCUT2D eigenvalue weighted by atomic mass is 10.0. The number of hydrogen-bond acceptors (Lipinski definition) is 10. The van der Waals surface area contributed by atoms with Gasteiger partial charge in [-0.15, -0.1) is 0 Å². The Bertz CT molecular complexity index is 1390. The molecule has 3 N–H and O–H groups in total. The minimum atomic E-state index is -1.03. The second-order valence-electron chi connectivity index (χ2n) is 12.0. The Balaban J connectivity index is 1.59. The normalized spacial score (nSPS) is 22.9. The van der Waals surface area contributed by atoms with Crippen LogP contribution < -0.4 is 21.1 Å². The number of morpholine rings is 1. The maximum Gasteiger partial charge on any atom is 0.407 e. The molecule has 1 aromatic heterocycles. The molecule has 0 bridgehead atoms. The lowest BCUT2D eigenvalue weighted by molar-refractivity contribution is -0.0943. The summed E-state index contributed by atoms with van der Waals surface area (Å²) in [6.07, 6.45) is 1.11. The number of rotatable bonds is 7. The first-order valence-corrected chi connectivity index (χ1v) is 15.2. The van der Waals surface area contributed by atoms with Crippen LogP contribution in [0.4, 0.5) is 16.2 Å². The average molecular weight is 617 g/mol. The number of pyridine rings is 1. The minimum Gasteiger partial charge on any atom is -0.461 e. The molecule has 13 heteroatoms. The predicted octanol–water partition coefficient (Wildman–Crippen LogP) is 3.57. The summed E-state index contributed by atoms with van der Waals surface area (Å²) >= 11 is 6.67. The number of aromatic nitrogens is 1. The van der Waals surface area contributed by atoms with Crippen LogP contribution in [-0.2, 0) is 20.8 Å². The topological polar surface area (TPSA) is 128 Å². The lowest BCUT2D eigenvalue weighted by Crippen LogP contribution is -2.75. The van der Waals surface area contributed by atoms with E-state index >= 15 is 0 Å². The molecule has 3 aliphatic heterocycles. The van der Waals surface area contributed by atoms with Gasteiger partial charge in [0.2, 0.25) is 5.91 Å². The standard InChI is InChI=1S/C30H41ClN6O6/c1-5-42-27(39)24-17-23-25(26(38)33-24)37(18-20-9-6-7-11-22(20)31)30(34-23,35-13-15-41-16-14-35)36-12-8-10-21(19-36)32-28(40)43-29(2,3)4/h6-7,9,11,17,21,34H,5,8,10,12-16,18-19H2,1-4H3,(H,32,40)(H,33,38)/t21-,30?/m1/s1. The van der Waals surface area contributed by atoms with E-state index in [0.717, 1.165) is 18.4 Å². The van der Waals surface area contributed by atoms with E-state index in [2.05, 4.69) is 25.4 Å². The summed E-state index contributed by atoms with van der Waals surface area (Å²) in [5.74, 6) is -1.63. The number of carbonyl (C=O) groups excluding carboxylic acids is 2. The summed E-state index contributed by atoms with van der Waals surface area (Å²) in [6, 6.07) is 8.99. The number of piperidine rings is 1. The zero-order valence-electron chi connectivity index (χ0n) is 25.2. The molecule has 2 aromatic rings. The monoisotopic (exact) mass is 616 g/mol. The number of alkyl carbamates (subject to hydrolysis) is 1. The summed E-state index contributed by atoms with van der Waals surface area (Å²) in [7, 11) is 0. The third-order valence-corrected chi connectivity index (χ3v) is 8.14. The SMILES string of the molecule is CCOC(=O)c1cc2c(c(=O)[nH]1)N(Cc1ccccc1Cl)C(N1CCOCC1)(N1CCC[C@@H](NC(=O)OC(C)(C)C)C1)N2. The van der Waals surface area contributed by atoms with Crippen molar-refractivity contribution in [1.29, 1.82) is 0 Å². The highest BCUT2D eigenvalue weighted by molar-refractivity contribution is 6.31. The molecule has 0 spiro atoms. The third kappa shape index (κ3) is 6.62. The Labute approximate surface area is 256 Å². The van der Waals surface area contributed by atoms with Gasteiger partial charge in [-0.3, -0.25) is 4.79 Å². The first kappa shape index (κ1) is 31.1.